The van der Waals surface area contributed by atoms with E-state index in [4.69, 9.17) is 0 Å². The largest absolute Gasteiger partial charge is 0.377 e. The minimum absolute atomic E-state index is 0.0275. The summed E-state index contributed by atoms with van der Waals surface area (Å²) in [6.07, 6.45) is 0.956. The molecule has 1 saturated heterocycles. The highest BCUT2D eigenvalue weighted by atomic mass is 32.2. The van der Waals surface area contributed by atoms with Gasteiger partial charge in [-0.2, -0.15) is 11.8 Å². The zero-order valence-electron chi connectivity index (χ0n) is 9.39. The number of rotatable bonds is 2. The Morgan fingerprint density at radius 1 is 1.38 bits per heavy atom. The van der Waals surface area contributed by atoms with Crippen LogP contribution < -0.4 is 5.32 Å². The summed E-state index contributed by atoms with van der Waals surface area (Å²) < 4.78 is 27.2. The van der Waals surface area contributed by atoms with Gasteiger partial charge in [-0.15, -0.1) is 0 Å². The molecule has 2 atom stereocenters. The second-order valence-corrected chi connectivity index (χ2v) is 5.75. The molecule has 1 nitrogen and oxygen atoms in total. The first-order valence-corrected chi connectivity index (χ1v) is 6.45. The molecule has 0 aliphatic carbocycles. The van der Waals surface area contributed by atoms with Gasteiger partial charge in [0.25, 0.3) is 0 Å². The molecule has 0 amide bonds. The van der Waals surface area contributed by atoms with Crippen molar-refractivity contribution in [1.82, 2.24) is 0 Å². The van der Waals surface area contributed by atoms with E-state index in [2.05, 4.69) is 12.2 Å². The smallest absolute Gasteiger partial charge is 0.152 e. The number of hydrogen-bond donors (Lipinski definition) is 1. The molecule has 1 aromatic carbocycles. The van der Waals surface area contributed by atoms with Crippen LogP contribution in [-0.4, -0.2) is 17.0 Å². The molecule has 16 heavy (non-hydrogen) atoms. The highest BCUT2D eigenvalue weighted by Gasteiger charge is 2.24. The van der Waals surface area contributed by atoms with E-state index in [1.165, 1.54) is 12.1 Å². The first kappa shape index (κ1) is 11.7. The number of halogens is 2. The van der Waals surface area contributed by atoms with Gasteiger partial charge in [0.05, 0.1) is 0 Å². The molecule has 1 aliphatic rings. The van der Waals surface area contributed by atoms with Gasteiger partial charge < -0.3 is 5.32 Å². The fourth-order valence-electron chi connectivity index (χ4n) is 1.91. The molecule has 1 aromatic rings. The Hall–Kier alpha value is -0.770. The fourth-order valence-corrected chi connectivity index (χ4v) is 3.06. The lowest BCUT2D eigenvalue weighted by Gasteiger charge is -2.15. The van der Waals surface area contributed by atoms with Gasteiger partial charge in [-0.3, -0.25) is 0 Å². The summed E-state index contributed by atoms with van der Waals surface area (Å²) in [5.74, 6) is -0.0641. The maximum atomic E-state index is 13.7. The normalized spacial score (nSPS) is 24.8. The van der Waals surface area contributed by atoms with Crippen LogP contribution in [0.5, 0.6) is 0 Å². The van der Waals surface area contributed by atoms with E-state index in [1.807, 2.05) is 11.8 Å². The molecule has 0 radical (unpaired) electrons. The van der Waals surface area contributed by atoms with Crippen molar-refractivity contribution in [3.05, 3.63) is 29.3 Å². The molecule has 0 aromatic heterocycles. The summed E-state index contributed by atoms with van der Waals surface area (Å²) in [7, 11) is 0. The lowest BCUT2D eigenvalue weighted by Crippen LogP contribution is -2.20. The maximum Gasteiger partial charge on any atom is 0.152 e. The molecule has 2 unspecified atom stereocenters. The predicted molar refractivity (Wildman–Crippen MR) is 65.0 cm³/mol. The lowest BCUT2D eigenvalue weighted by atomic mass is 10.1. The van der Waals surface area contributed by atoms with E-state index in [0.29, 0.717) is 10.8 Å². The summed E-state index contributed by atoms with van der Waals surface area (Å²) >= 11 is 1.83. The second-order valence-electron chi connectivity index (χ2n) is 4.27. The Labute approximate surface area is 98.6 Å². The highest BCUT2D eigenvalue weighted by Crippen LogP contribution is 2.30. The van der Waals surface area contributed by atoms with E-state index in [1.54, 1.807) is 6.92 Å². The average molecular weight is 243 g/mol. The Balaban J connectivity index is 2.18. The fraction of sp³-hybridized carbons (Fsp3) is 0.500. The van der Waals surface area contributed by atoms with Crippen LogP contribution in [0.4, 0.5) is 14.5 Å². The minimum atomic E-state index is -0.507. The summed E-state index contributed by atoms with van der Waals surface area (Å²) in [6, 6.07) is 2.94. The standard InChI is InChI=1S/C12H15F2NS/c1-7-3-4-10(13)12(11(7)14)15-9-5-8(2)16-6-9/h3-4,8-9,15H,5-6H2,1-2H3. The number of thioether (sulfide) groups is 1. The van der Waals surface area contributed by atoms with Gasteiger partial charge >= 0.3 is 0 Å². The predicted octanol–water partition coefficient (Wildman–Crippen LogP) is 3.58. The third kappa shape index (κ3) is 2.32. The third-order valence-corrected chi connectivity index (χ3v) is 4.19. The van der Waals surface area contributed by atoms with Crippen molar-refractivity contribution in [2.75, 3.05) is 11.1 Å². The highest BCUT2D eigenvalue weighted by molar-refractivity contribution is 8.00. The van der Waals surface area contributed by atoms with Gasteiger partial charge in [0.1, 0.15) is 11.5 Å². The maximum absolute atomic E-state index is 13.7. The lowest BCUT2D eigenvalue weighted by molar-refractivity contribution is 0.576. The van der Waals surface area contributed by atoms with Crippen molar-refractivity contribution in [2.45, 2.75) is 31.6 Å². The van der Waals surface area contributed by atoms with E-state index in [-0.39, 0.29) is 11.7 Å². The van der Waals surface area contributed by atoms with Crippen LogP contribution >= 0.6 is 11.8 Å². The molecule has 0 saturated carbocycles. The SMILES string of the molecule is Cc1ccc(F)c(NC2CSC(C)C2)c1F. The van der Waals surface area contributed by atoms with Crippen LogP contribution in [0.15, 0.2) is 12.1 Å². The Kier molecular flexibility index (Phi) is 3.38. The molecule has 1 heterocycles. The molecule has 0 spiro atoms. The van der Waals surface area contributed by atoms with Crippen LogP contribution in [0.3, 0.4) is 0 Å². The van der Waals surface area contributed by atoms with Crippen molar-refractivity contribution in [3.8, 4) is 0 Å². The molecule has 4 heteroatoms. The topological polar surface area (TPSA) is 12.0 Å². The molecule has 1 fully saturated rings. The summed E-state index contributed by atoms with van der Waals surface area (Å²) in [5, 5.41) is 3.54. The quantitative estimate of drug-likeness (QED) is 0.852. The number of aryl methyl sites for hydroxylation is 1. The number of hydrogen-bond acceptors (Lipinski definition) is 2. The molecular formula is C12H15F2NS. The third-order valence-electron chi connectivity index (χ3n) is 2.83. The molecule has 1 N–H and O–H groups in total. The average Bonchev–Trinajstić information content (AvgIpc) is 2.65. The van der Waals surface area contributed by atoms with Gasteiger partial charge in [0.15, 0.2) is 5.82 Å². The molecule has 88 valence electrons. The summed E-state index contributed by atoms with van der Waals surface area (Å²) in [5.41, 5.74) is 0.502. The molecule has 0 bridgehead atoms. The first-order valence-electron chi connectivity index (χ1n) is 5.40. The van der Waals surface area contributed by atoms with Crippen molar-refractivity contribution in [2.24, 2.45) is 0 Å². The van der Waals surface area contributed by atoms with E-state index < -0.39 is 11.6 Å². The Bertz CT molecular complexity index is 395. The van der Waals surface area contributed by atoms with Crippen LogP contribution in [0.2, 0.25) is 0 Å². The summed E-state index contributed by atoms with van der Waals surface area (Å²) in [4.78, 5) is 0. The number of nitrogens with one attached hydrogen (secondary N) is 1. The van der Waals surface area contributed by atoms with E-state index in [0.717, 1.165) is 12.2 Å². The van der Waals surface area contributed by atoms with Crippen LogP contribution in [0.25, 0.3) is 0 Å². The zero-order valence-corrected chi connectivity index (χ0v) is 10.2. The monoisotopic (exact) mass is 243 g/mol. The zero-order chi connectivity index (χ0) is 11.7. The van der Waals surface area contributed by atoms with Crippen molar-refractivity contribution in [3.63, 3.8) is 0 Å². The molecule has 1 aliphatic heterocycles. The molecular weight excluding hydrogens is 228 g/mol. The van der Waals surface area contributed by atoms with Crippen LogP contribution in [-0.2, 0) is 0 Å². The number of anilines is 1. The minimum Gasteiger partial charge on any atom is -0.377 e. The van der Waals surface area contributed by atoms with Crippen LogP contribution in [0.1, 0.15) is 18.9 Å². The summed E-state index contributed by atoms with van der Waals surface area (Å²) in [6.45, 7) is 3.78. The Morgan fingerprint density at radius 3 is 2.75 bits per heavy atom. The Morgan fingerprint density at radius 2 is 2.12 bits per heavy atom. The van der Waals surface area contributed by atoms with E-state index >= 15 is 0 Å². The van der Waals surface area contributed by atoms with Crippen molar-refractivity contribution in [1.29, 1.82) is 0 Å². The van der Waals surface area contributed by atoms with Gasteiger partial charge in [0.2, 0.25) is 0 Å². The van der Waals surface area contributed by atoms with Gasteiger partial charge in [-0.1, -0.05) is 13.0 Å². The van der Waals surface area contributed by atoms with Gasteiger partial charge in [-0.05, 0) is 25.0 Å². The van der Waals surface area contributed by atoms with E-state index in [9.17, 15) is 8.78 Å². The van der Waals surface area contributed by atoms with Crippen molar-refractivity contribution < 1.29 is 8.78 Å². The second kappa shape index (κ2) is 4.62. The number of benzene rings is 1. The first-order chi connectivity index (χ1) is 7.58. The molecule has 2 rings (SSSR count). The van der Waals surface area contributed by atoms with Gasteiger partial charge in [0, 0.05) is 17.0 Å². The van der Waals surface area contributed by atoms with Crippen molar-refractivity contribution >= 4 is 17.4 Å². The van der Waals surface area contributed by atoms with Crippen LogP contribution in [0, 0.1) is 18.6 Å². The van der Waals surface area contributed by atoms with Gasteiger partial charge in [-0.25, -0.2) is 8.78 Å².